The monoisotopic (exact) mass is 354 g/mol. The van der Waals surface area contributed by atoms with E-state index in [1.165, 1.54) is 6.08 Å². The number of nitrogens with one attached hydrogen (secondary N) is 1. The largest absolute Gasteiger partial charge is 0.493 e. The third-order valence-electron chi connectivity index (χ3n) is 3.61. The smallest absolute Gasteiger partial charge is 0.262 e. The molecule has 0 aromatic heterocycles. The lowest BCUT2D eigenvalue weighted by Crippen LogP contribution is -2.38. The van der Waals surface area contributed by atoms with Crippen LogP contribution in [0.5, 0.6) is 11.5 Å². The summed E-state index contributed by atoms with van der Waals surface area (Å²) in [4.78, 5) is 12.1. The van der Waals surface area contributed by atoms with Gasteiger partial charge >= 0.3 is 0 Å². The maximum atomic E-state index is 12.1. The Balaban J connectivity index is 1.99. The maximum Gasteiger partial charge on any atom is 0.262 e. The number of methoxy groups -OCH3 is 1. The Morgan fingerprint density at radius 3 is 2.54 bits per heavy atom. The van der Waals surface area contributed by atoms with Crippen molar-refractivity contribution in [1.82, 2.24) is 5.43 Å². The summed E-state index contributed by atoms with van der Waals surface area (Å²) >= 11 is 0. The lowest BCUT2D eigenvalue weighted by Gasteiger charge is -2.19. The number of carbonyl (C=O) groups is 1. The van der Waals surface area contributed by atoms with Crippen LogP contribution in [-0.4, -0.2) is 26.7 Å². The zero-order valence-electron chi connectivity index (χ0n) is 15.7. The second-order valence-electron chi connectivity index (χ2n) is 6.32. The molecule has 2 aromatic rings. The summed E-state index contributed by atoms with van der Waals surface area (Å²) in [7, 11) is 3.40. The Morgan fingerprint density at radius 1 is 1.15 bits per heavy atom. The van der Waals surface area contributed by atoms with Crippen molar-refractivity contribution in [1.29, 1.82) is 0 Å². The van der Waals surface area contributed by atoms with E-state index in [1.807, 2.05) is 48.5 Å². The van der Waals surface area contributed by atoms with Crippen LogP contribution in [0.3, 0.4) is 0 Å². The van der Waals surface area contributed by atoms with Gasteiger partial charge in [-0.15, -0.1) is 0 Å². The highest BCUT2D eigenvalue weighted by molar-refractivity contribution is 5.92. The molecule has 0 bridgehead atoms. The van der Waals surface area contributed by atoms with Crippen LogP contribution in [0, 0.1) is 5.92 Å². The molecule has 0 aliphatic carbocycles. The molecule has 0 aliphatic heterocycles. The van der Waals surface area contributed by atoms with E-state index in [9.17, 15) is 4.79 Å². The highest BCUT2D eigenvalue weighted by atomic mass is 16.5. The van der Waals surface area contributed by atoms with Gasteiger partial charge in [-0.1, -0.05) is 38.1 Å². The molecule has 0 saturated carbocycles. The first-order chi connectivity index (χ1) is 12.5. The molecule has 0 unspecified atom stereocenters. The highest BCUT2D eigenvalue weighted by Crippen LogP contribution is 2.29. The van der Waals surface area contributed by atoms with Crippen molar-refractivity contribution >= 4 is 17.7 Å². The summed E-state index contributed by atoms with van der Waals surface area (Å²) in [5, 5.41) is 1.68. The average Bonchev–Trinajstić information content (AvgIpc) is 2.65. The molecule has 0 saturated heterocycles. The van der Waals surface area contributed by atoms with Gasteiger partial charge in [-0.25, -0.2) is 0 Å². The van der Waals surface area contributed by atoms with E-state index in [1.54, 1.807) is 25.2 Å². The molecule has 0 fully saturated rings. The van der Waals surface area contributed by atoms with Crippen LogP contribution in [0.4, 0.5) is 5.69 Å². The van der Waals surface area contributed by atoms with Crippen molar-refractivity contribution in [3.8, 4) is 11.5 Å². The number of rotatable bonds is 8. The Bertz CT molecular complexity index is 742. The van der Waals surface area contributed by atoms with E-state index in [2.05, 4.69) is 19.3 Å². The molecule has 138 valence electrons. The molecular formula is C21H26N2O3. The second kappa shape index (κ2) is 9.51. The molecule has 1 amide bonds. The quantitative estimate of drug-likeness (QED) is 0.577. The number of anilines is 1. The van der Waals surface area contributed by atoms with Crippen LogP contribution in [0.1, 0.15) is 19.4 Å². The minimum Gasteiger partial charge on any atom is -0.493 e. The van der Waals surface area contributed by atoms with Crippen molar-refractivity contribution in [2.75, 3.05) is 25.8 Å². The summed E-state index contributed by atoms with van der Waals surface area (Å²) in [6.45, 7) is 4.81. The lowest BCUT2D eigenvalue weighted by atomic mass is 10.2. The van der Waals surface area contributed by atoms with Crippen molar-refractivity contribution in [3.05, 3.63) is 60.2 Å². The molecule has 0 atom stereocenters. The van der Waals surface area contributed by atoms with Gasteiger partial charge in [-0.05, 0) is 41.8 Å². The molecule has 2 aromatic carbocycles. The molecule has 5 heteroatoms. The van der Waals surface area contributed by atoms with Gasteiger partial charge in [0.25, 0.3) is 5.91 Å². The fourth-order valence-corrected chi connectivity index (χ4v) is 2.25. The summed E-state index contributed by atoms with van der Waals surface area (Å²) in [6, 6.07) is 15.2. The fourth-order valence-electron chi connectivity index (χ4n) is 2.25. The summed E-state index contributed by atoms with van der Waals surface area (Å²) < 4.78 is 11.1. The molecule has 0 heterocycles. The van der Waals surface area contributed by atoms with Gasteiger partial charge < -0.3 is 9.47 Å². The first-order valence-electron chi connectivity index (χ1n) is 8.58. The van der Waals surface area contributed by atoms with E-state index in [4.69, 9.17) is 9.47 Å². The first-order valence-corrected chi connectivity index (χ1v) is 8.58. The number of amides is 1. The Hall–Kier alpha value is -2.95. The van der Waals surface area contributed by atoms with Gasteiger partial charge in [0.05, 0.1) is 19.4 Å². The molecule has 1 N–H and O–H groups in total. The highest BCUT2D eigenvalue weighted by Gasteiger charge is 2.07. The van der Waals surface area contributed by atoms with Crippen molar-refractivity contribution in [3.63, 3.8) is 0 Å². The van der Waals surface area contributed by atoms with Gasteiger partial charge in [-0.2, -0.15) is 0 Å². The Labute approximate surface area is 155 Å². The fraction of sp³-hybridized carbons (Fsp3) is 0.286. The van der Waals surface area contributed by atoms with E-state index in [0.29, 0.717) is 24.0 Å². The van der Waals surface area contributed by atoms with E-state index < -0.39 is 0 Å². The molecule has 26 heavy (non-hydrogen) atoms. The average molecular weight is 354 g/mol. The molecule has 0 aliphatic rings. The predicted octanol–water partition coefficient (Wildman–Crippen LogP) is 3.91. The SMILES string of the molecule is COc1cc(/C=C/C(=O)NN(C)c2ccccc2)ccc1OCC(C)C. The van der Waals surface area contributed by atoms with Gasteiger partial charge in [0.2, 0.25) is 0 Å². The van der Waals surface area contributed by atoms with Crippen molar-refractivity contribution < 1.29 is 14.3 Å². The number of hydrazine groups is 1. The van der Waals surface area contributed by atoms with E-state index in [-0.39, 0.29) is 5.91 Å². The summed E-state index contributed by atoms with van der Waals surface area (Å²) in [5.41, 5.74) is 4.55. The third-order valence-corrected chi connectivity index (χ3v) is 3.61. The Morgan fingerprint density at radius 2 is 1.88 bits per heavy atom. The minimum absolute atomic E-state index is 0.213. The summed E-state index contributed by atoms with van der Waals surface area (Å²) in [5.74, 6) is 1.57. The minimum atomic E-state index is -0.213. The normalized spacial score (nSPS) is 10.8. The number of benzene rings is 2. The lowest BCUT2D eigenvalue weighted by molar-refractivity contribution is -0.116. The van der Waals surface area contributed by atoms with Crippen LogP contribution in [-0.2, 0) is 4.79 Å². The third kappa shape index (κ3) is 5.84. The van der Waals surface area contributed by atoms with Crippen molar-refractivity contribution in [2.24, 2.45) is 5.92 Å². The number of nitrogens with zero attached hydrogens (tertiary/aromatic N) is 1. The first kappa shape index (κ1) is 19.4. The van der Waals surface area contributed by atoms with Gasteiger partial charge in [0, 0.05) is 13.1 Å². The molecule has 0 radical (unpaired) electrons. The van der Waals surface area contributed by atoms with Gasteiger partial charge in [0.15, 0.2) is 11.5 Å². The number of ether oxygens (including phenoxy) is 2. The predicted molar refractivity (Wildman–Crippen MR) is 105 cm³/mol. The second-order valence-corrected chi connectivity index (χ2v) is 6.32. The number of hydrogen-bond donors (Lipinski definition) is 1. The maximum absolute atomic E-state index is 12.1. The number of hydrogen-bond acceptors (Lipinski definition) is 4. The van der Waals surface area contributed by atoms with Crippen LogP contribution in [0.15, 0.2) is 54.6 Å². The topological polar surface area (TPSA) is 50.8 Å². The molecular weight excluding hydrogens is 328 g/mol. The van der Waals surface area contributed by atoms with E-state index >= 15 is 0 Å². The standard InChI is InChI=1S/C21H26N2O3/c1-16(2)15-26-19-12-10-17(14-20(19)25-4)11-13-21(24)22-23(3)18-8-6-5-7-9-18/h5-14,16H,15H2,1-4H3,(H,22,24)/b13-11+. The van der Waals surface area contributed by atoms with Crippen LogP contribution in [0.2, 0.25) is 0 Å². The number of carbonyl (C=O) groups excluding carboxylic acids is 1. The molecule has 0 spiro atoms. The van der Waals surface area contributed by atoms with Crippen LogP contribution >= 0.6 is 0 Å². The van der Waals surface area contributed by atoms with Crippen LogP contribution < -0.4 is 19.9 Å². The molecule has 5 nitrogen and oxygen atoms in total. The van der Waals surface area contributed by atoms with Crippen LogP contribution in [0.25, 0.3) is 6.08 Å². The Kier molecular flexibility index (Phi) is 7.09. The van der Waals surface area contributed by atoms with Gasteiger partial charge in [-0.3, -0.25) is 15.2 Å². The van der Waals surface area contributed by atoms with Crippen molar-refractivity contribution in [2.45, 2.75) is 13.8 Å². The van der Waals surface area contributed by atoms with Gasteiger partial charge in [0.1, 0.15) is 0 Å². The molecule has 2 rings (SSSR count). The van der Waals surface area contributed by atoms with E-state index in [0.717, 1.165) is 11.3 Å². The summed E-state index contributed by atoms with van der Waals surface area (Å²) in [6.07, 6.45) is 3.23. The zero-order chi connectivity index (χ0) is 18.9. The zero-order valence-corrected chi connectivity index (χ0v) is 15.7. The number of para-hydroxylation sites is 1.